The summed E-state index contributed by atoms with van der Waals surface area (Å²) in [7, 11) is 0. The van der Waals surface area contributed by atoms with Gasteiger partial charge in [-0.3, -0.25) is 14.7 Å². The molecular formula is C9H12N2O3S. The molecule has 5 nitrogen and oxygen atoms in total. The number of morpholine rings is 1. The predicted octanol–water partition coefficient (Wildman–Crippen LogP) is 0.601. The highest BCUT2D eigenvalue weighted by Crippen LogP contribution is 2.24. The molecule has 6 heteroatoms. The van der Waals surface area contributed by atoms with Gasteiger partial charge in [0.05, 0.1) is 23.6 Å². The molecule has 1 aromatic heterocycles. The van der Waals surface area contributed by atoms with Crippen LogP contribution in [0.5, 0.6) is 0 Å². The number of nitrogens with zero attached hydrogens (tertiary/aromatic N) is 2. The van der Waals surface area contributed by atoms with Gasteiger partial charge in [0.25, 0.3) is 0 Å². The predicted molar refractivity (Wildman–Crippen MR) is 54.9 cm³/mol. The first-order valence-corrected chi connectivity index (χ1v) is 5.60. The highest BCUT2D eigenvalue weighted by Gasteiger charge is 2.29. The molecule has 82 valence electrons. The lowest BCUT2D eigenvalue weighted by Gasteiger charge is -2.31. The Morgan fingerprint density at radius 2 is 2.33 bits per heavy atom. The molecule has 1 unspecified atom stereocenters. The van der Waals surface area contributed by atoms with Gasteiger partial charge in [-0.25, -0.2) is 0 Å². The molecule has 1 aliphatic rings. The third kappa shape index (κ3) is 2.34. The monoisotopic (exact) mass is 228 g/mol. The van der Waals surface area contributed by atoms with Crippen LogP contribution in [0, 0.1) is 0 Å². The number of carboxylic acid groups (broad SMARTS) is 1. The van der Waals surface area contributed by atoms with Gasteiger partial charge in [-0.05, 0) is 0 Å². The van der Waals surface area contributed by atoms with Crippen LogP contribution in [0.25, 0.3) is 0 Å². The maximum absolute atomic E-state index is 11.2. The van der Waals surface area contributed by atoms with E-state index in [0.29, 0.717) is 26.3 Å². The number of ether oxygens (including phenoxy) is 1. The zero-order chi connectivity index (χ0) is 10.7. The number of hydrogen-bond acceptors (Lipinski definition) is 5. The third-order valence-corrected chi connectivity index (χ3v) is 3.19. The fourth-order valence-corrected chi connectivity index (χ4v) is 2.40. The van der Waals surface area contributed by atoms with Crippen molar-refractivity contribution < 1.29 is 14.6 Å². The molecule has 0 aliphatic carbocycles. The summed E-state index contributed by atoms with van der Waals surface area (Å²) in [5.74, 6) is -0.818. The lowest BCUT2D eigenvalue weighted by molar-refractivity contribution is -0.145. The van der Waals surface area contributed by atoms with Crippen LogP contribution in [0.2, 0.25) is 0 Å². The van der Waals surface area contributed by atoms with Gasteiger partial charge in [0.1, 0.15) is 6.04 Å². The van der Waals surface area contributed by atoms with Crippen molar-refractivity contribution in [3.8, 4) is 0 Å². The molecular weight excluding hydrogens is 216 g/mol. The van der Waals surface area contributed by atoms with Crippen molar-refractivity contribution >= 4 is 17.3 Å². The molecule has 1 fully saturated rings. The molecule has 2 rings (SSSR count). The Morgan fingerprint density at radius 1 is 1.60 bits per heavy atom. The van der Waals surface area contributed by atoms with Crippen LogP contribution in [-0.4, -0.2) is 47.3 Å². The highest BCUT2D eigenvalue weighted by molar-refractivity contribution is 7.09. The quantitative estimate of drug-likeness (QED) is 0.821. The van der Waals surface area contributed by atoms with Crippen molar-refractivity contribution in [1.82, 2.24) is 9.88 Å². The van der Waals surface area contributed by atoms with Crippen LogP contribution >= 0.6 is 11.3 Å². The maximum Gasteiger partial charge on any atom is 0.326 e. The molecule has 1 saturated heterocycles. The van der Waals surface area contributed by atoms with E-state index >= 15 is 0 Å². The third-order valence-electron chi connectivity index (χ3n) is 2.37. The molecule has 15 heavy (non-hydrogen) atoms. The Balaban J connectivity index is 2.15. The molecule has 0 saturated carbocycles. The maximum atomic E-state index is 11.2. The number of carboxylic acids is 1. The first-order valence-electron chi connectivity index (χ1n) is 4.72. The number of aliphatic carboxylic acids is 1. The van der Waals surface area contributed by atoms with E-state index in [1.165, 1.54) is 11.3 Å². The second kappa shape index (κ2) is 4.69. The summed E-state index contributed by atoms with van der Waals surface area (Å²) in [6.07, 6.45) is 1.62. The van der Waals surface area contributed by atoms with Gasteiger partial charge in [-0.1, -0.05) is 0 Å². The van der Waals surface area contributed by atoms with Crippen LogP contribution in [0.1, 0.15) is 10.9 Å². The second-order valence-electron chi connectivity index (χ2n) is 3.29. The van der Waals surface area contributed by atoms with Gasteiger partial charge in [-0.2, -0.15) is 0 Å². The van der Waals surface area contributed by atoms with Gasteiger partial charge in [0.15, 0.2) is 0 Å². The van der Waals surface area contributed by atoms with Crippen LogP contribution < -0.4 is 0 Å². The highest BCUT2D eigenvalue weighted by atomic mass is 32.1. The van der Waals surface area contributed by atoms with Gasteiger partial charge in [-0.15, -0.1) is 11.3 Å². The summed E-state index contributed by atoms with van der Waals surface area (Å²) in [5.41, 5.74) is 1.66. The average molecular weight is 228 g/mol. The smallest absolute Gasteiger partial charge is 0.326 e. The molecule has 1 aromatic rings. The Labute approximate surface area is 91.3 Å². The van der Waals surface area contributed by atoms with Crippen molar-refractivity contribution in [2.24, 2.45) is 0 Å². The van der Waals surface area contributed by atoms with Crippen molar-refractivity contribution in [1.29, 1.82) is 0 Å². The number of carbonyl (C=O) groups is 1. The molecule has 0 radical (unpaired) electrons. The number of hydrogen-bond donors (Lipinski definition) is 1. The molecule has 0 bridgehead atoms. The fourth-order valence-electron chi connectivity index (χ4n) is 1.65. The van der Waals surface area contributed by atoms with E-state index in [-0.39, 0.29) is 0 Å². The topological polar surface area (TPSA) is 62.7 Å². The summed E-state index contributed by atoms with van der Waals surface area (Å²) in [4.78, 5) is 17.8. The summed E-state index contributed by atoms with van der Waals surface area (Å²) in [6.45, 7) is 2.52. The van der Waals surface area contributed by atoms with Crippen LogP contribution in [0.3, 0.4) is 0 Å². The van der Waals surface area contributed by atoms with E-state index in [9.17, 15) is 9.90 Å². The lowest BCUT2D eigenvalue weighted by atomic mass is 10.2. The molecule has 1 atom stereocenters. The summed E-state index contributed by atoms with van der Waals surface area (Å²) in [5, 5.41) is 9.19. The van der Waals surface area contributed by atoms with Crippen molar-refractivity contribution in [2.45, 2.75) is 6.04 Å². The normalized spacial score (nSPS) is 20.0. The Kier molecular flexibility index (Phi) is 3.30. The van der Waals surface area contributed by atoms with E-state index in [1.54, 1.807) is 11.7 Å². The Morgan fingerprint density at radius 3 is 2.87 bits per heavy atom. The van der Waals surface area contributed by atoms with E-state index in [2.05, 4.69) is 4.98 Å². The number of rotatable bonds is 3. The van der Waals surface area contributed by atoms with Crippen LogP contribution in [-0.2, 0) is 9.53 Å². The summed E-state index contributed by atoms with van der Waals surface area (Å²) < 4.78 is 5.20. The standard InChI is InChI=1S/C9H12N2O3S/c12-9(13)8(7-5-10-6-15-7)11-1-3-14-4-2-11/h5-6,8H,1-4H2,(H,12,13). The molecule has 1 N–H and O–H groups in total. The van der Waals surface area contributed by atoms with Crippen LogP contribution in [0.15, 0.2) is 11.7 Å². The second-order valence-corrected chi connectivity index (χ2v) is 4.21. The molecule has 1 aliphatic heterocycles. The van der Waals surface area contributed by atoms with Gasteiger partial charge >= 0.3 is 5.97 Å². The molecule has 0 spiro atoms. The van der Waals surface area contributed by atoms with E-state index < -0.39 is 12.0 Å². The largest absolute Gasteiger partial charge is 0.480 e. The first kappa shape index (κ1) is 10.5. The zero-order valence-electron chi connectivity index (χ0n) is 8.13. The lowest BCUT2D eigenvalue weighted by Crippen LogP contribution is -2.41. The Hall–Kier alpha value is -0.980. The van der Waals surface area contributed by atoms with Gasteiger partial charge < -0.3 is 9.84 Å². The van der Waals surface area contributed by atoms with Gasteiger partial charge in [0, 0.05) is 19.3 Å². The zero-order valence-corrected chi connectivity index (χ0v) is 8.94. The SMILES string of the molecule is O=C(O)C(c1cncs1)N1CCOCC1. The van der Waals surface area contributed by atoms with Crippen molar-refractivity contribution in [3.05, 3.63) is 16.6 Å². The van der Waals surface area contributed by atoms with Crippen molar-refractivity contribution in [3.63, 3.8) is 0 Å². The van der Waals surface area contributed by atoms with Crippen molar-refractivity contribution in [2.75, 3.05) is 26.3 Å². The first-order chi connectivity index (χ1) is 7.29. The Bertz CT molecular complexity index is 322. The van der Waals surface area contributed by atoms with Crippen LogP contribution in [0.4, 0.5) is 0 Å². The number of aromatic nitrogens is 1. The van der Waals surface area contributed by atoms with E-state index in [4.69, 9.17) is 4.74 Å². The average Bonchev–Trinajstić information content (AvgIpc) is 2.72. The van der Waals surface area contributed by atoms with Gasteiger partial charge in [0.2, 0.25) is 0 Å². The minimum absolute atomic E-state index is 0.568. The van der Waals surface area contributed by atoms with E-state index in [1.807, 2.05) is 4.90 Å². The summed E-state index contributed by atoms with van der Waals surface area (Å²) in [6, 6.07) is -0.568. The fraction of sp³-hybridized carbons (Fsp3) is 0.556. The minimum Gasteiger partial charge on any atom is -0.480 e. The molecule has 0 amide bonds. The minimum atomic E-state index is -0.818. The number of thiazole rings is 1. The molecule has 0 aromatic carbocycles. The van der Waals surface area contributed by atoms with E-state index in [0.717, 1.165) is 4.88 Å². The molecule has 2 heterocycles. The summed E-state index contributed by atoms with van der Waals surface area (Å²) >= 11 is 1.38.